The average Bonchev–Trinajstić information content (AvgIpc) is 3.32. The highest BCUT2D eigenvalue weighted by atomic mass is 35.5. The summed E-state index contributed by atoms with van der Waals surface area (Å²) in [4.78, 5) is 12.4. The fourth-order valence-corrected chi connectivity index (χ4v) is 3.08. The first-order valence-electron chi connectivity index (χ1n) is 7.14. The summed E-state index contributed by atoms with van der Waals surface area (Å²) in [6, 6.07) is 17.8. The van der Waals surface area contributed by atoms with Gasteiger partial charge in [-0.2, -0.15) is 0 Å². The number of nitrogens with zero attached hydrogens (tertiary/aromatic N) is 1. The molecule has 0 amide bonds. The van der Waals surface area contributed by atoms with Crippen molar-refractivity contribution in [3.63, 3.8) is 0 Å². The standard InChI is InChI=1S/C18H14ClNO/c19-13-5-3-4-12(10-13)17-11-18(21)15-6-1-2-7-16(15)20(17)14-8-9-14/h1-7,10-11,14H,8-9H2. The van der Waals surface area contributed by atoms with Crippen molar-refractivity contribution in [3.8, 4) is 11.3 Å². The molecule has 1 aliphatic carbocycles. The molecule has 2 nitrogen and oxygen atoms in total. The van der Waals surface area contributed by atoms with Gasteiger partial charge in [-0.15, -0.1) is 0 Å². The van der Waals surface area contributed by atoms with Gasteiger partial charge in [-0.3, -0.25) is 4.79 Å². The van der Waals surface area contributed by atoms with Crippen molar-refractivity contribution in [2.24, 2.45) is 0 Å². The predicted molar refractivity (Wildman–Crippen MR) is 86.9 cm³/mol. The summed E-state index contributed by atoms with van der Waals surface area (Å²) >= 11 is 6.11. The molecule has 1 aromatic heterocycles. The molecule has 0 unspecified atom stereocenters. The van der Waals surface area contributed by atoms with Gasteiger partial charge in [0.05, 0.1) is 11.2 Å². The summed E-state index contributed by atoms with van der Waals surface area (Å²) in [5, 5.41) is 1.48. The van der Waals surface area contributed by atoms with E-state index in [0.717, 1.165) is 22.2 Å². The maximum absolute atomic E-state index is 12.4. The van der Waals surface area contributed by atoms with Crippen LogP contribution in [-0.4, -0.2) is 4.57 Å². The van der Waals surface area contributed by atoms with Crippen LogP contribution in [0.5, 0.6) is 0 Å². The van der Waals surface area contributed by atoms with Gasteiger partial charge in [0.15, 0.2) is 5.43 Å². The van der Waals surface area contributed by atoms with E-state index in [-0.39, 0.29) is 5.43 Å². The van der Waals surface area contributed by atoms with Gasteiger partial charge in [-0.25, -0.2) is 0 Å². The Morgan fingerprint density at radius 1 is 1.00 bits per heavy atom. The molecule has 0 N–H and O–H groups in total. The van der Waals surface area contributed by atoms with Crippen LogP contribution in [0.1, 0.15) is 18.9 Å². The smallest absolute Gasteiger partial charge is 0.190 e. The number of benzene rings is 2. The SMILES string of the molecule is O=c1cc(-c2cccc(Cl)c2)n(C2CC2)c2ccccc12. The van der Waals surface area contributed by atoms with Crippen LogP contribution >= 0.6 is 11.6 Å². The lowest BCUT2D eigenvalue weighted by Crippen LogP contribution is -2.10. The van der Waals surface area contributed by atoms with Crippen LogP contribution in [0, 0.1) is 0 Å². The van der Waals surface area contributed by atoms with E-state index < -0.39 is 0 Å². The number of hydrogen-bond donors (Lipinski definition) is 0. The molecule has 0 radical (unpaired) electrons. The summed E-state index contributed by atoms with van der Waals surface area (Å²) in [6.45, 7) is 0. The summed E-state index contributed by atoms with van der Waals surface area (Å²) < 4.78 is 2.29. The van der Waals surface area contributed by atoms with Crippen molar-refractivity contribution in [2.45, 2.75) is 18.9 Å². The van der Waals surface area contributed by atoms with E-state index in [9.17, 15) is 4.79 Å². The molecule has 3 aromatic rings. The van der Waals surface area contributed by atoms with Crippen LogP contribution in [0.2, 0.25) is 5.02 Å². The zero-order chi connectivity index (χ0) is 14.4. The lowest BCUT2D eigenvalue weighted by atomic mass is 10.1. The van der Waals surface area contributed by atoms with Gasteiger partial charge < -0.3 is 4.57 Å². The molecule has 1 fully saturated rings. The van der Waals surface area contributed by atoms with E-state index in [1.54, 1.807) is 6.07 Å². The summed E-state index contributed by atoms with van der Waals surface area (Å²) in [5.41, 5.74) is 3.04. The molecule has 104 valence electrons. The third-order valence-corrected chi connectivity index (χ3v) is 4.22. The lowest BCUT2D eigenvalue weighted by molar-refractivity contribution is 0.775. The molecule has 0 bridgehead atoms. The van der Waals surface area contributed by atoms with Crippen molar-refractivity contribution < 1.29 is 0 Å². The van der Waals surface area contributed by atoms with E-state index >= 15 is 0 Å². The lowest BCUT2D eigenvalue weighted by Gasteiger charge is -2.16. The molecular formula is C18H14ClNO. The van der Waals surface area contributed by atoms with E-state index in [4.69, 9.17) is 11.6 Å². The maximum atomic E-state index is 12.4. The van der Waals surface area contributed by atoms with Crippen LogP contribution < -0.4 is 5.43 Å². The quantitative estimate of drug-likeness (QED) is 0.674. The van der Waals surface area contributed by atoms with Gasteiger partial charge in [0.25, 0.3) is 0 Å². The minimum absolute atomic E-state index is 0.0671. The van der Waals surface area contributed by atoms with E-state index in [1.165, 1.54) is 12.8 Å². The topological polar surface area (TPSA) is 22.0 Å². The number of halogens is 1. The highest BCUT2D eigenvalue weighted by Crippen LogP contribution is 2.40. The molecule has 2 aromatic carbocycles. The molecule has 1 saturated carbocycles. The van der Waals surface area contributed by atoms with Gasteiger partial charge in [0.2, 0.25) is 0 Å². The third-order valence-electron chi connectivity index (χ3n) is 3.99. The Hall–Kier alpha value is -2.06. The first-order chi connectivity index (χ1) is 10.2. The fourth-order valence-electron chi connectivity index (χ4n) is 2.89. The zero-order valence-electron chi connectivity index (χ0n) is 11.4. The molecule has 0 spiro atoms. The van der Waals surface area contributed by atoms with Gasteiger partial charge >= 0.3 is 0 Å². The highest BCUT2D eigenvalue weighted by molar-refractivity contribution is 6.30. The van der Waals surface area contributed by atoms with Gasteiger partial charge in [0, 0.05) is 22.5 Å². The summed E-state index contributed by atoms with van der Waals surface area (Å²) in [5.74, 6) is 0. The fraction of sp³-hybridized carbons (Fsp3) is 0.167. The summed E-state index contributed by atoms with van der Waals surface area (Å²) in [7, 11) is 0. The Balaban J connectivity index is 2.09. The minimum Gasteiger partial charge on any atom is -0.337 e. The van der Waals surface area contributed by atoms with Crippen LogP contribution in [0.4, 0.5) is 0 Å². The second-order valence-corrected chi connectivity index (χ2v) is 5.96. The first-order valence-corrected chi connectivity index (χ1v) is 7.52. The highest BCUT2D eigenvalue weighted by Gasteiger charge is 2.27. The van der Waals surface area contributed by atoms with Crippen molar-refractivity contribution in [2.75, 3.05) is 0 Å². The minimum atomic E-state index is 0.0671. The molecule has 4 rings (SSSR count). The second kappa shape index (κ2) is 4.74. The number of pyridine rings is 1. The second-order valence-electron chi connectivity index (χ2n) is 5.52. The average molecular weight is 296 g/mol. The predicted octanol–water partition coefficient (Wildman–Crippen LogP) is 4.66. The van der Waals surface area contributed by atoms with Crippen molar-refractivity contribution in [1.82, 2.24) is 4.57 Å². The number of fused-ring (bicyclic) bond motifs is 1. The molecule has 3 heteroatoms. The maximum Gasteiger partial charge on any atom is 0.190 e. The Morgan fingerprint density at radius 3 is 2.57 bits per heavy atom. The largest absolute Gasteiger partial charge is 0.337 e. The monoisotopic (exact) mass is 295 g/mol. The van der Waals surface area contributed by atoms with E-state index in [0.29, 0.717) is 11.1 Å². The third kappa shape index (κ3) is 2.16. The Bertz CT molecular complexity index is 893. The number of hydrogen-bond acceptors (Lipinski definition) is 1. The van der Waals surface area contributed by atoms with Crippen molar-refractivity contribution in [1.29, 1.82) is 0 Å². The zero-order valence-corrected chi connectivity index (χ0v) is 12.2. The summed E-state index contributed by atoms with van der Waals surface area (Å²) in [6.07, 6.45) is 2.33. The van der Waals surface area contributed by atoms with Crippen LogP contribution in [0.25, 0.3) is 22.2 Å². The van der Waals surface area contributed by atoms with Crippen LogP contribution in [-0.2, 0) is 0 Å². The van der Waals surface area contributed by atoms with Crippen molar-refractivity contribution >= 4 is 22.5 Å². The van der Waals surface area contributed by atoms with Gasteiger partial charge in [-0.1, -0.05) is 35.9 Å². The molecule has 1 aliphatic rings. The number of rotatable bonds is 2. The molecular weight excluding hydrogens is 282 g/mol. The number of aromatic nitrogens is 1. The van der Waals surface area contributed by atoms with E-state index in [1.807, 2.05) is 48.5 Å². The molecule has 0 saturated heterocycles. The van der Waals surface area contributed by atoms with E-state index in [2.05, 4.69) is 4.57 Å². The van der Waals surface area contributed by atoms with Gasteiger partial charge in [-0.05, 0) is 42.7 Å². The molecule has 1 heterocycles. The van der Waals surface area contributed by atoms with Crippen LogP contribution in [0.15, 0.2) is 59.4 Å². The Morgan fingerprint density at radius 2 is 1.81 bits per heavy atom. The van der Waals surface area contributed by atoms with Gasteiger partial charge in [0.1, 0.15) is 0 Å². The first kappa shape index (κ1) is 12.7. The molecule has 21 heavy (non-hydrogen) atoms. The molecule has 0 aliphatic heterocycles. The number of para-hydroxylation sites is 1. The Kier molecular flexibility index (Phi) is 2.86. The van der Waals surface area contributed by atoms with Crippen LogP contribution in [0.3, 0.4) is 0 Å². The molecule has 0 atom stereocenters. The van der Waals surface area contributed by atoms with Crippen molar-refractivity contribution in [3.05, 3.63) is 69.8 Å². The Labute approximate surface area is 127 Å². The normalized spacial score (nSPS) is 14.5.